The normalized spacial score (nSPS) is 22.0. The van der Waals surface area contributed by atoms with Gasteiger partial charge in [0.1, 0.15) is 12.3 Å². The van der Waals surface area contributed by atoms with E-state index in [-0.39, 0.29) is 17.8 Å². The van der Waals surface area contributed by atoms with Crippen LogP contribution in [0.3, 0.4) is 0 Å². The lowest BCUT2D eigenvalue weighted by Gasteiger charge is -2.35. The summed E-state index contributed by atoms with van der Waals surface area (Å²) in [6, 6.07) is 3.70. The number of ether oxygens (including phenoxy) is 2. The van der Waals surface area contributed by atoms with E-state index in [1.54, 1.807) is 13.3 Å². The van der Waals surface area contributed by atoms with Gasteiger partial charge in [-0.1, -0.05) is 0 Å². The molecule has 3 rings (SSSR count). The van der Waals surface area contributed by atoms with Crippen molar-refractivity contribution in [1.29, 1.82) is 0 Å². The first-order valence-corrected chi connectivity index (χ1v) is 13.9. The minimum absolute atomic E-state index is 0.200. The van der Waals surface area contributed by atoms with E-state index < -0.39 is 21.8 Å². The Bertz CT molecular complexity index is 1150. The van der Waals surface area contributed by atoms with Gasteiger partial charge < -0.3 is 9.47 Å². The van der Waals surface area contributed by atoms with Crippen molar-refractivity contribution in [3.8, 4) is 0 Å². The van der Waals surface area contributed by atoms with E-state index in [4.69, 9.17) is 18.6 Å². The second kappa shape index (κ2) is 11.1. The fourth-order valence-electron chi connectivity index (χ4n) is 4.13. The highest BCUT2D eigenvalue weighted by Gasteiger charge is 2.39. The average Bonchev–Trinajstić information content (AvgIpc) is 3.14. The largest absolute Gasteiger partial charge is 0.460 e. The van der Waals surface area contributed by atoms with Crippen LogP contribution in [0.4, 0.5) is 5.69 Å². The Morgan fingerprint density at radius 3 is 2.76 bits per heavy atom. The topological polar surface area (TPSA) is 109 Å². The molecule has 1 aliphatic carbocycles. The number of hydrogen-bond donors (Lipinski definition) is 0. The molecule has 9 nitrogen and oxygen atoms in total. The zero-order valence-corrected chi connectivity index (χ0v) is 21.9. The number of carbonyl (C=O) groups excluding carboxylic acids is 1. The first kappa shape index (κ1) is 26.5. The van der Waals surface area contributed by atoms with Gasteiger partial charge in [-0.15, -0.1) is 11.3 Å². The zero-order valence-electron chi connectivity index (χ0n) is 20.3. The number of aromatic nitrogens is 2. The van der Waals surface area contributed by atoms with Crippen molar-refractivity contribution < 1.29 is 26.9 Å². The lowest BCUT2D eigenvalue weighted by molar-refractivity contribution is -0.164. The molecule has 2 aromatic heterocycles. The predicted octanol–water partition coefficient (Wildman–Crippen LogP) is 3.43. The summed E-state index contributed by atoms with van der Waals surface area (Å²) in [4.78, 5) is 23.1. The molecule has 34 heavy (non-hydrogen) atoms. The summed E-state index contributed by atoms with van der Waals surface area (Å²) in [7, 11) is -1.98. The minimum atomic E-state index is -3.60. The molecular formula is C23H33N3O6S2. The Balaban J connectivity index is 1.91. The van der Waals surface area contributed by atoms with Gasteiger partial charge in [-0.05, 0) is 64.5 Å². The van der Waals surface area contributed by atoms with Gasteiger partial charge in [-0.2, -0.15) is 8.42 Å². The SMILES string of the molecule is COCn1ccsc1=Nc1cccnc1CC1C[C@H](OS(C)(=O)=O)CC[C@@H]1C(=O)OC(C)(C)C. The summed E-state index contributed by atoms with van der Waals surface area (Å²) < 4.78 is 41.6. The van der Waals surface area contributed by atoms with Crippen molar-refractivity contribution in [2.24, 2.45) is 16.8 Å². The minimum Gasteiger partial charge on any atom is -0.460 e. The van der Waals surface area contributed by atoms with Crippen LogP contribution in [0.2, 0.25) is 0 Å². The van der Waals surface area contributed by atoms with Crippen molar-refractivity contribution >= 4 is 33.1 Å². The summed E-state index contributed by atoms with van der Waals surface area (Å²) in [5.41, 5.74) is 0.823. The van der Waals surface area contributed by atoms with Crippen LogP contribution in [0, 0.1) is 11.8 Å². The van der Waals surface area contributed by atoms with Crippen LogP contribution in [-0.4, -0.2) is 49.0 Å². The maximum atomic E-state index is 13.0. The first-order valence-electron chi connectivity index (χ1n) is 11.2. The van der Waals surface area contributed by atoms with Crippen molar-refractivity contribution in [2.75, 3.05) is 13.4 Å². The van der Waals surface area contributed by atoms with Gasteiger partial charge in [0.05, 0.1) is 29.7 Å². The molecular weight excluding hydrogens is 478 g/mol. The lowest BCUT2D eigenvalue weighted by Crippen LogP contribution is -2.39. The third kappa shape index (κ3) is 7.72. The van der Waals surface area contributed by atoms with Crippen LogP contribution >= 0.6 is 11.3 Å². The van der Waals surface area contributed by atoms with E-state index in [2.05, 4.69) is 4.98 Å². The molecule has 0 aromatic carbocycles. The Morgan fingerprint density at radius 1 is 1.32 bits per heavy atom. The molecule has 3 atom stereocenters. The highest BCUT2D eigenvalue weighted by atomic mass is 32.2. The van der Waals surface area contributed by atoms with E-state index in [1.165, 1.54) is 11.3 Å². The highest BCUT2D eigenvalue weighted by molar-refractivity contribution is 7.86. The number of rotatable bonds is 8. The van der Waals surface area contributed by atoms with E-state index >= 15 is 0 Å². The van der Waals surface area contributed by atoms with Gasteiger partial charge in [0.15, 0.2) is 4.80 Å². The highest BCUT2D eigenvalue weighted by Crippen LogP contribution is 2.37. The van der Waals surface area contributed by atoms with Gasteiger partial charge in [0.2, 0.25) is 0 Å². The van der Waals surface area contributed by atoms with Crippen LogP contribution in [0.5, 0.6) is 0 Å². The molecule has 0 N–H and O–H groups in total. The van der Waals surface area contributed by atoms with Crippen LogP contribution in [0.25, 0.3) is 0 Å². The van der Waals surface area contributed by atoms with Crippen molar-refractivity contribution in [2.45, 2.75) is 64.9 Å². The fourth-order valence-corrected chi connectivity index (χ4v) is 5.53. The van der Waals surface area contributed by atoms with E-state index in [1.807, 2.05) is 49.0 Å². The maximum absolute atomic E-state index is 13.0. The quantitative estimate of drug-likeness (QED) is 0.395. The molecule has 0 saturated heterocycles. The van der Waals surface area contributed by atoms with Crippen LogP contribution in [0.1, 0.15) is 45.7 Å². The molecule has 0 spiro atoms. The number of esters is 1. The maximum Gasteiger partial charge on any atom is 0.309 e. The molecule has 2 aromatic rings. The third-order valence-electron chi connectivity index (χ3n) is 5.42. The molecule has 188 valence electrons. The van der Waals surface area contributed by atoms with Crippen LogP contribution in [0.15, 0.2) is 34.9 Å². The van der Waals surface area contributed by atoms with E-state index in [9.17, 15) is 13.2 Å². The summed E-state index contributed by atoms with van der Waals surface area (Å²) in [5, 5.41) is 1.93. The molecule has 1 saturated carbocycles. The smallest absolute Gasteiger partial charge is 0.309 e. The third-order valence-corrected chi connectivity index (χ3v) is 6.84. The summed E-state index contributed by atoms with van der Waals surface area (Å²) in [6.07, 6.45) is 5.98. The predicted molar refractivity (Wildman–Crippen MR) is 129 cm³/mol. The average molecular weight is 512 g/mol. The van der Waals surface area contributed by atoms with Crippen LogP contribution in [-0.2, 0) is 41.7 Å². The molecule has 0 radical (unpaired) electrons. The molecule has 1 fully saturated rings. The summed E-state index contributed by atoms with van der Waals surface area (Å²) in [6.45, 7) is 5.89. The van der Waals surface area contributed by atoms with Gasteiger partial charge in [-0.25, -0.2) is 4.99 Å². The van der Waals surface area contributed by atoms with Gasteiger partial charge in [0, 0.05) is 24.9 Å². The number of methoxy groups -OCH3 is 1. The standard InChI is InChI=1S/C23H33N3O6S2/c1-23(2,3)31-21(27)18-9-8-17(32-34(5,28)29)13-16(18)14-20-19(7-6-10-24-20)25-22-26(15-30-4)11-12-33-22/h6-7,10-12,16-18H,8-9,13-15H2,1-5H3/t16?,17-,18+/m1/s1. The number of nitrogens with zero attached hydrogens (tertiary/aromatic N) is 3. The molecule has 1 unspecified atom stereocenters. The number of pyridine rings is 1. The zero-order chi connectivity index (χ0) is 24.9. The monoisotopic (exact) mass is 511 g/mol. The van der Waals surface area contributed by atoms with Crippen LogP contribution < -0.4 is 4.80 Å². The Kier molecular flexibility index (Phi) is 8.66. The molecule has 1 aliphatic rings. The second-order valence-corrected chi connectivity index (χ2v) is 12.0. The van der Waals surface area contributed by atoms with Gasteiger partial charge in [0.25, 0.3) is 10.1 Å². The van der Waals surface area contributed by atoms with Gasteiger partial charge in [-0.3, -0.25) is 18.5 Å². The first-order chi connectivity index (χ1) is 15.9. The van der Waals surface area contributed by atoms with E-state index in [0.717, 1.165) is 16.8 Å². The number of hydrogen-bond acceptors (Lipinski definition) is 9. The Hall–Kier alpha value is -2.08. The molecule has 11 heteroatoms. The van der Waals surface area contributed by atoms with Crippen molar-refractivity contribution in [3.63, 3.8) is 0 Å². The Morgan fingerprint density at radius 2 is 2.09 bits per heavy atom. The number of carbonyl (C=O) groups is 1. The van der Waals surface area contributed by atoms with Crippen molar-refractivity contribution in [3.05, 3.63) is 40.4 Å². The fraction of sp³-hybridized carbons (Fsp3) is 0.609. The molecule has 0 bridgehead atoms. The summed E-state index contributed by atoms with van der Waals surface area (Å²) in [5.74, 6) is -0.858. The second-order valence-electron chi connectivity index (χ2n) is 9.49. The molecule has 0 amide bonds. The molecule has 2 heterocycles. The Labute approximate surface area is 204 Å². The van der Waals surface area contributed by atoms with Gasteiger partial charge >= 0.3 is 5.97 Å². The lowest BCUT2D eigenvalue weighted by atomic mass is 9.75. The molecule has 0 aliphatic heterocycles. The number of thiazole rings is 1. The van der Waals surface area contributed by atoms with E-state index in [0.29, 0.717) is 38.1 Å². The summed E-state index contributed by atoms with van der Waals surface area (Å²) >= 11 is 1.49. The van der Waals surface area contributed by atoms with Crippen molar-refractivity contribution in [1.82, 2.24) is 9.55 Å².